The second-order valence-corrected chi connectivity index (χ2v) is 12.9. The Bertz CT molecular complexity index is 1500. The fourth-order valence-corrected chi connectivity index (χ4v) is 3.72. The van der Waals surface area contributed by atoms with Crippen molar-refractivity contribution in [1.29, 1.82) is 0 Å². The summed E-state index contributed by atoms with van der Waals surface area (Å²) in [6.45, 7) is 17.6. The zero-order valence-corrected chi connectivity index (χ0v) is 27.2. The molecule has 0 aliphatic carbocycles. The molecule has 0 saturated heterocycles. The van der Waals surface area contributed by atoms with Gasteiger partial charge in [0, 0.05) is 60.0 Å². The largest absolute Gasteiger partial charge is 0.512 e. The predicted octanol–water partition coefficient (Wildman–Crippen LogP) is 7.46. The molecule has 0 spiro atoms. The number of ketones is 1. The minimum atomic E-state index is -0.417. The van der Waals surface area contributed by atoms with Crippen LogP contribution in [0.4, 0.5) is 0 Å². The van der Waals surface area contributed by atoms with E-state index in [2.05, 4.69) is 73.0 Å². The van der Waals surface area contributed by atoms with Crippen LogP contribution in [0.15, 0.2) is 66.8 Å². The van der Waals surface area contributed by atoms with Gasteiger partial charge in [-0.1, -0.05) is 68.4 Å². The van der Waals surface area contributed by atoms with Crippen LogP contribution in [0.5, 0.6) is 0 Å². The van der Waals surface area contributed by atoms with Crippen molar-refractivity contribution in [1.82, 2.24) is 9.97 Å². The standard InChI is InChI=1S/C22H21N3.C11H20O2.Ir/c1-22(2,3)20-7-5-6-19(24-20)21-18-9-8-15-14-25(4)13-11-16(15)17(18)10-12-23-21;1-10(2,3)8(12)7-9(13)11(4,5)6;/h5,7-14H,1-4H3;7,12H,1-6H3;/b;8-7-;. The van der Waals surface area contributed by atoms with Crippen LogP contribution in [0, 0.1) is 16.9 Å². The molecule has 0 amide bonds. The maximum absolute atomic E-state index is 11.5. The Morgan fingerprint density at radius 2 is 1.56 bits per heavy atom. The van der Waals surface area contributed by atoms with Crippen molar-refractivity contribution in [3.8, 4) is 11.4 Å². The third-order valence-electron chi connectivity index (χ3n) is 6.30. The molecule has 5 nitrogen and oxygen atoms in total. The summed E-state index contributed by atoms with van der Waals surface area (Å²) in [6.07, 6.45) is 7.41. The fraction of sp³-hybridized carbons (Fsp3) is 0.394. The van der Waals surface area contributed by atoms with Crippen LogP contribution < -0.4 is 4.57 Å². The van der Waals surface area contributed by atoms with Gasteiger partial charge < -0.3 is 10.1 Å². The number of fused-ring (bicyclic) bond motifs is 3. The number of pyridine rings is 3. The topological polar surface area (TPSA) is 67.0 Å². The molecule has 1 radical (unpaired) electrons. The second-order valence-electron chi connectivity index (χ2n) is 12.9. The number of hydrogen-bond acceptors (Lipinski definition) is 4. The average molecular weight is 704 g/mol. The Hall–Kier alpha value is -2.95. The van der Waals surface area contributed by atoms with Crippen molar-refractivity contribution < 1.29 is 34.6 Å². The van der Waals surface area contributed by atoms with Crippen LogP contribution in [0.2, 0.25) is 0 Å². The molecule has 4 rings (SSSR count). The summed E-state index contributed by atoms with van der Waals surface area (Å²) >= 11 is 0. The Labute approximate surface area is 246 Å². The first kappa shape index (κ1) is 32.3. The number of nitrogens with zero attached hydrogens (tertiary/aromatic N) is 3. The summed E-state index contributed by atoms with van der Waals surface area (Å²) < 4.78 is 2.07. The number of aliphatic hydroxyl groups excluding tert-OH is 1. The number of carbonyl (C=O) groups is 1. The molecular weight excluding hydrogens is 663 g/mol. The van der Waals surface area contributed by atoms with Crippen LogP contribution in [0.25, 0.3) is 32.9 Å². The van der Waals surface area contributed by atoms with Gasteiger partial charge in [0.25, 0.3) is 0 Å². The average Bonchev–Trinajstić information content (AvgIpc) is 2.82. The van der Waals surface area contributed by atoms with E-state index in [1.54, 1.807) is 0 Å². The van der Waals surface area contributed by atoms with Gasteiger partial charge >= 0.3 is 0 Å². The molecule has 3 heterocycles. The number of benzene rings is 1. The van der Waals surface area contributed by atoms with Crippen molar-refractivity contribution in [2.24, 2.45) is 17.9 Å². The Balaban J connectivity index is 0.000000328. The van der Waals surface area contributed by atoms with Gasteiger partial charge in [-0.05, 0) is 45.4 Å². The molecule has 1 aromatic carbocycles. The molecule has 0 aliphatic rings. The maximum Gasteiger partial charge on any atom is 0.176 e. The Morgan fingerprint density at radius 3 is 2.15 bits per heavy atom. The summed E-state index contributed by atoms with van der Waals surface area (Å²) in [5, 5.41) is 14.3. The molecule has 0 atom stereocenters. The number of allylic oxidation sites excluding steroid dienone is 2. The van der Waals surface area contributed by atoms with Gasteiger partial charge in [0.05, 0.1) is 0 Å². The van der Waals surface area contributed by atoms with Crippen LogP contribution in [-0.2, 0) is 37.4 Å². The van der Waals surface area contributed by atoms with Gasteiger partial charge in [0.1, 0.15) is 12.8 Å². The Kier molecular flexibility index (Phi) is 9.98. The monoisotopic (exact) mass is 704 g/mol. The number of aromatic nitrogens is 3. The fourth-order valence-electron chi connectivity index (χ4n) is 3.72. The molecule has 209 valence electrons. The SMILES string of the molecule is CC(C)(C)C(=O)/C=C(\O)C(C)(C)C.C[n+]1ccc2c(ccc3c(-c4[c-]ccc(C(C)(C)C)n4)nccc32)c1.[Ir]. The third-order valence-corrected chi connectivity index (χ3v) is 6.30. The molecule has 0 fully saturated rings. The molecule has 4 aromatic rings. The second kappa shape index (κ2) is 12.1. The minimum Gasteiger partial charge on any atom is -0.512 e. The van der Waals surface area contributed by atoms with Gasteiger partial charge in [-0.2, -0.15) is 12.1 Å². The number of carbonyl (C=O) groups excluding carboxylic acids is 1. The smallest absolute Gasteiger partial charge is 0.176 e. The zero-order chi connectivity index (χ0) is 28.5. The van der Waals surface area contributed by atoms with Crippen molar-refractivity contribution >= 4 is 27.3 Å². The molecule has 3 aromatic heterocycles. The summed E-state index contributed by atoms with van der Waals surface area (Å²) in [5.41, 5.74) is 1.97. The van der Waals surface area contributed by atoms with Gasteiger partial charge in [-0.3, -0.25) is 9.78 Å². The number of aliphatic hydroxyl groups is 1. The quantitative estimate of drug-likeness (QED) is 0.0775. The minimum absolute atomic E-state index is 0. The van der Waals surface area contributed by atoms with E-state index in [0.717, 1.165) is 22.5 Å². The molecule has 0 aliphatic heterocycles. The number of rotatable bonds is 2. The first-order valence-corrected chi connectivity index (χ1v) is 13.0. The first-order valence-electron chi connectivity index (χ1n) is 13.0. The van der Waals surface area contributed by atoms with Gasteiger partial charge in [0.15, 0.2) is 18.2 Å². The molecule has 1 N–H and O–H groups in total. The first-order chi connectivity index (χ1) is 17.5. The van der Waals surface area contributed by atoms with Gasteiger partial charge in [-0.15, -0.1) is 6.07 Å². The van der Waals surface area contributed by atoms with E-state index in [0.29, 0.717) is 0 Å². The molecule has 0 saturated carbocycles. The van der Waals surface area contributed by atoms with E-state index < -0.39 is 5.41 Å². The van der Waals surface area contributed by atoms with Crippen LogP contribution >= 0.6 is 0 Å². The van der Waals surface area contributed by atoms with Gasteiger partial charge in [-0.25, -0.2) is 4.57 Å². The predicted molar refractivity (Wildman–Crippen MR) is 156 cm³/mol. The van der Waals surface area contributed by atoms with E-state index in [1.807, 2.05) is 66.9 Å². The summed E-state index contributed by atoms with van der Waals surface area (Å²) in [7, 11) is 2.04. The van der Waals surface area contributed by atoms with E-state index in [1.165, 1.54) is 22.2 Å². The normalized spacial score (nSPS) is 12.5. The Morgan fingerprint density at radius 1 is 0.897 bits per heavy atom. The zero-order valence-electron chi connectivity index (χ0n) is 24.8. The molecule has 0 unspecified atom stereocenters. The van der Waals surface area contributed by atoms with Crippen molar-refractivity contribution in [2.45, 2.75) is 67.7 Å². The van der Waals surface area contributed by atoms with Crippen LogP contribution in [0.3, 0.4) is 0 Å². The van der Waals surface area contributed by atoms with E-state index in [-0.39, 0.29) is 42.5 Å². The molecule has 6 heteroatoms. The third kappa shape index (κ3) is 8.03. The molecule has 39 heavy (non-hydrogen) atoms. The number of aryl methyl sites for hydroxylation is 1. The van der Waals surface area contributed by atoms with Crippen molar-refractivity contribution in [2.75, 3.05) is 0 Å². The summed E-state index contributed by atoms with van der Waals surface area (Å²) in [4.78, 5) is 20.9. The molecule has 0 bridgehead atoms. The van der Waals surface area contributed by atoms with E-state index in [4.69, 9.17) is 4.98 Å². The van der Waals surface area contributed by atoms with Crippen LogP contribution in [-0.4, -0.2) is 20.9 Å². The van der Waals surface area contributed by atoms with Crippen molar-refractivity contribution in [3.05, 3.63) is 78.6 Å². The number of hydrogen-bond donors (Lipinski definition) is 1. The summed E-state index contributed by atoms with van der Waals surface area (Å²) in [5.74, 6) is 0.104. The van der Waals surface area contributed by atoms with Crippen LogP contribution in [0.1, 0.15) is 68.0 Å². The maximum atomic E-state index is 11.5. The van der Waals surface area contributed by atoms with Gasteiger partial charge in [0.2, 0.25) is 0 Å². The summed E-state index contributed by atoms with van der Waals surface area (Å²) in [6, 6.07) is 15.8. The van der Waals surface area contributed by atoms with E-state index in [9.17, 15) is 9.90 Å². The molecular formula is C33H41IrN3O2. The van der Waals surface area contributed by atoms with Crippen molar-refractivity contribution in [3.63, 3.8) is 0 Å². The van der Waals surface area contributed by atoms with E-state index >= 15 is 0 Å².